The first kappa shape index (κ1) is 16.4. The predicted octanol–water partition coefficient (Wildman–Crippen LogP) is 2.64. The van der Waals surface area contributed by atoms with Gasteiger partial charge >= 0.3 is 0 Å². The summed E-state index contributed by atoms with van der Waals surface area (Å²) in [7, 11) is 3.18. The number of methoxy groups -OCH3 is 2. The topological polar surface area (TPSA) is 94.1 Å². The van der Waals surface area contributed by atoms with Crippen LogP contribution in [0.3, 0.4) is 0 Å². The number of anilines is 3. The highest BCUT2D eigenvalue weighted by molar-refractivity contribution is 5.60. The van der Waals surface area contributed by atoms with Crippen LogP contribution < -0.4 is 20.1 Å². The Morgan fingerprint density at radius 3 is 2.56 bits per heavy atom. The van der Waals surface area contributed by atoms with Crippen molar-refractivity contribution < 1.29 is 9.47 Å². The molecule has 0 aliphatic heterocycles. The van der Waals surface area contributed by atoms with Crippen LogP contribution in [0.5, 0.6) is 11.5 Å². The Hall–Kier alpha value is -3.42. The molecule has 0 fully saturated rings. The number of nitrogens with zero attached hydrogens (tertiary/aromatic N) is 4. The van der Waals surface area contributed by atoms with E-state index < -0.39 is 0 Å². The molecular formula is C17H18N6O2. The van der Waals surface area contributed by atoms with Gasteiger partial charge in [-0.05, 0) is 29.8 Å². The zero-order valence-electron chi connectivity index (χ0n) is 13.9. The number of rotatable bonds is 7. The Morgan fingerprint density at radius 1 is 1.00 bits per heavy atom. The molecule has 2 N–H and O–H groups in total. The lowest BCUT2D eigenvalue weighted by Crippen LogP contribution is -2.05. The first-order valence-corrected chi connectivity index (χ1v) is 7.60. The van der Waals surface area contributed by atoms with Gasteiger partial charge in [0.25, 0.3) is 0 Å². The number of ether oxygens (including phenoxy) is 2. The van der Waals surface area contributed by atoms with Gasteiger partial charge in [-0.1, -0.05) is 0 Å². The quantitative estimate of drug-likeness (QED) is 0.679. The first-order valence-electron chi connectivity index (χ1n) is 7.60. The average Bonchev–Trinajstić information content (AvgIpc) is 2.67. The van der Waals surface area contributed by atoms with Gasteiger partial charge in [-0.15, -0.1) is 5.10 Å². The molecule has 128 valence electrons. The summed E-state index contributed by atoms with van der Waals surface area (Å²) in [5.74, 6) is 2.27. The van der Waals surface area contributed by atoms with Gasteiger partial charge in [-0.2, -0.15) is 10.1 Å². The van der Waals surface area contributed by atoms with E-state index in [9.17, 15) is 0 Å². The molecule has 0 aliphatic rings. The molecule has 2 heterocycles. The first-order chi connectivity index (χ1) is 12.3. The molecule has 3 rings (SSSR count). The van der Waals surface area contributed by atoms with Gasteiger partial charge in [-0.25, -0.2) is 0 Å². The van der Waals surface area contributed by atoms with Crippen molar-refractivity contribution in [3.8, 4) is 11.5 Å². The van der Waals surface area contributed by atoms with Crippen molar-refractivity contribution in [3.63, 3.8) is 0 Å². The molecule has 8 nitrogen and oxygen atoms in total. The van der Waals surface area contributed by atoms with E-state index in [1.807, 2.05) is 18.2 Å². The molecule has 0 unspecified atom stereocenters. The fourth-order valence-electron chi connectivity index (χ4n) is 2.18. The Morgan fingerprint density at radius 2 is 1.80 bits per heavy atom. The molecule has 1 aromatic carbocycles. The predicted molar refractivity (Wildman–Crippen MR) is 94.2 cm³/mol. The summed E-state index contributed by atoms with van der Waals surface area (Å²) in [5.41, 5.74) is 1.87. The van der Waals surface area contributed by atoms with Gasteiger partial charge in [0.2, 0.25) is 5.95 Å². The Labute approximate surface area is 145 Å². The van der Waals surface area contributed by atoms with Crippen molar-refractivity contribution in [1.29, 1.82) is 0 Å². The normalized spacial score (nSPS) is 10.2. The van der Waals surface area contributed by atoms with Crippen LogP contribution in [0.4, 0.5) is 17.5 Å². The highest BCUT2D eigenvalue weighted by atomic mass is 16.5. The fraction of sp³-hybridized carbons (Fsp3) is 0.176. The zero-order chi connectivity index (χ0) is 17.5. The summed E-state index contributed by atoms with van der Waals surface area (Å²) in [5, 5.41) is 14.3. The molecular weight excluding hydrogens is 320 g/mol. The van der Waals surface area contributed by atoms with E-state index in [1.165, 1.54) is 0 Å². The second-order valence-electron chi connectivity index (χ2n) is 5.07. The van der Waals surface area contributed by atoms with Crippen LogP contribution in [0.15, 0.2) is 48.9 Å². The molecule has 0 spiro atoms. The second-order valence-corrected chi connectivity index (χ2v) is 5.07. The van der Waals surface area contributed by atoms with Crippen molar-refractivity contribution in [1.82, 2.24) is 20.2 Å². The second kappa shape index (κ2) is 7.91. The van der Waals surface area contributed by atoms with E-state index in [0.29, 0.717) is 29.8 Å². The molecule has 0 saturated carbocycles. The molecule has 0 aliphatic carbocycles. The van der Waals surface area contributed by atoms with E-state index in [2.05, 4.69) is 30.8 Å². The minimum Gasteiger partial charge on any atom is -0.493 e. The van der Waals surface area contributed by atoms with Crippen LogP contribution in [-0.2, 0) is 6.54 Å². The monoisotopic (exact) mass is 338 g/mol. The van der Waals surface area contributed by atoms with Gasteiger partial charge in [0.1, 0.15) is 0 Å². The summed E-state index contributed by atoms with van der Waals surface area (Å²) in [6.07, 6.45) is 5.07. The highest BCUT2D eigenvalue weighted by Crippen LogP contribution is 2.30. The van der Waals surface area contributed by atoms with Crippen LogP contribution in [0.25, 0.3) is 0 Å². The maximum Gasteiger partial charge on any atom is 0.249 e. The number of benzene rings is 1. The smallest absolute Gasteiger partial charge is 0.249 e. The van der Waals surface area contributed by atoms with E-state index >= 15 is 0 Å². The van der Waals surface area contributed by atoms with E-state index in [1.54, 1.807) is 44.9 Å². The van der Waals surface area contributed by atoms with Crippen molar-refractivity contribution in [3.05, 3.63) is 54.5 Å². The Kier molecular flexibility index (Phi) is 5.20. The molecule has 0 radical (unpaired) electrons. The van der Waals surface area contributed by atoms with Gasteiger partial charge in [0.15, 0.2) is 17.3 Å². The number of pyridine rings is 1. The van der Waals surface area contributed by atoms with Crippen molar-refractivity contribution in [2.45, 2.75) is 6.54 Å². The number of nitrogens with one attached hydrogen (secondary N) is 2. The molecule has 0 amide bonds. The number of hydrogen-bond acceptors (Lipinski definition) is 8. The summed E-state index contributed by atoms with van der Waals surface area (Å²) in [6.45, 7) is 0.622. The maximum absolute atomic E-state index is 5.29. The molecule has 8 heteroatoms. The van der Waals surface area contributed by atoms with Crippen LogP contribution in [-0.4, -0.2) is 34.4 Å². The van der Waals surface area contributed by atoms with Crippen LogP contribution in [0.1, 0.15) is 5.56 Å². The third-order valence-corrected chi connectivity index (χ3v) is 3.42. The molecule has 0 bridgehead atoms. The third-order valence-electron chi connectivity index (χ3n) is 3.42. The third kappa shape index (κ3) is 4.31. The summed E-state index contributed by atoms with van der Waals surface area (Å²) < 4.78 is 10.5. The largest absolute Gasteiger partial charge is 0.493 e. The lowest BCUT2D eigenvalue weighted by Gasteiger charge is -2.11. The summed E-state index contributed by atoms with van der Waals surface area (Å²) in [6, 6.07) is 9.33. The molecule has 25 heavy (non-hydrogen) atoms. The Balaban J connectivity index is 1.69. The minimum absolute atomic E-state index is 0.381. The molecule has 3 aromatic rings. The molecule has 0 atom stereocenters. The maximum atomic E-state index is 5.29. The zero-order valence-corrected chi connectivity index (χ0v) is 13.9. The average molecular weight is 338 g/mol. The number of hydrogen-bond donors (Lipinski definition) is 2. The van der Waals surface area contributed by atoms with Gasteiger partial charge in [0.05, 0.1) is 20.4 Å². The van der Waals surface area contributed by atoms with Crippen molar-refractivity contribution in [2.24, 2.45) is 0 Å². The summed E-state index contributed by atoms with van der Waals surface area (Å²) >= 11 is 0. The van der Waals surface area contributed by atoms with Crippen molar-refractivity contribution in [2.75, 3.05) is 24.9 Å². The van der Waals surface area contributed by atoms with Gasteiger partial charge in [0, 0.05) is 30.7 Å². The SMILES string of the molecule is COc1ccc(Nc2nncc(NCc3ccncc3)n2)cc1OC. The summed E-state index contributed by atoms with van der Waals surface area (Å²) in [4.78, 5) is 8.39. The highest BCUT2D eigenvalue weighted by Gasteiger charge is 2.06. The van der Waals surface area contributed by atoms with Crippen LogP contribution in [0.2, 0.25) is 0 Å². The van der Waals surface area contributed by atoms with Gasteiger partial charge in [-0.3, -0.25) is 4.98 Å². The van der Waals surface area contributed by atoms with Gasteiger partial charge < -0.3 is 20.1 Å². The number of aromatic nitrogens is 4. The minimum atomic E-state index is 0.381. The lowest BCUT2D eigenvalue weighted by atomic mass is 10.3. The van der Waals surface area contributed by atoms with E-state index in [0.717, 1.165) is 11.3 Å². The van der Waals surface area contributed by atoms with Crippen molar-refractivity contribution >= 4 is 17.5 Å². The molecule has 2 aromatic heterocycles. The standard InChI is InChI=1S/C17H18N6O2/c1-24-14-4-3-13(9-15(14)25-2)21-17-22-16(11-20-23-17)19-10-12-5-7-18-8-6-12/h3-9,11H,10H2,1-2H3,(H2,19,21,22,23). The molecule has 0 saturated heterocycles. The Bertz CT molecular complexity index is 828. The van der Waals surface area contributed by atoms with Crippen LogP contribution in [0, 0.1) is 0 Å². The lowest BCUT2D eigenvalue weighted by molar-refractivity contribution is 0.355. The van der Waals surface area contributed by atoms with E-state index in [4.69, 9.17) is 9.47 Å². The fourth-order valence-corrected chi connectivity index (χ4v) is 2.18. The van der Waals surface area contributed by atoms with E-state index in [-0.39, 0.29) is 0 Å². The van der Waals surface area contributed by atoms with Crippen LogP contribution >= 0.6 is 0 Å².